The van der Waals surface area contributed by atoms with Gasteiger partial charge in [0.15, 0.2) is 5.60 Å². The number of aliphatic hydroxyl groups is 1. The second kappa shape index (κ2) is 4.03. The molecule has 0 radical (unpaired) electrons. The summed E-state index contributed by atoms with van der Waals surface area (Å²) >= 11 is 1.46. The van der Waals surface area contributed by atoms with Gasteiger partial charge in [-0.3, -0.25) is 4.79 Å². The number of rotatable bonds is 2. The van der Waals surface area contributed by atoms with Crippen molar-refractivity contribution in [2.24, 2.45) is 0 Å². The molecule has 0 spiro atoms. The van der Waals surface area contributed by atoms with Crippen LogP contribution in [0.5, 0.6) is 0 Å². The number of aryl methyl sites for hydroxylation is 1. The minimum Gasteiger partial charge on any atom is -0.380 e. The van der Waals surface area contributed by atoms with Gasteiger partial charge in [-0.05, 0) is 19.4 Å². The second-order valence-corrected chi connectivity index (χ2v) is 5.48. The molecule has 0 aromatic carbocycles. The van der Waals surface area contributed by atoms with Crippen LogP contribution < -0.4 is 0 Å². The standard InChI is InChI=1S/C11H13F2NO2S/c1-6-7(2)17-3-8(6)9(15)14-4-11(16,5-14)10(12)13/h3,10,16H,4-5H2,1-2H3. The highest BCUT2D eigenvalue weighted by Gasteiger charge is 2.51. The molecule has 1 aromatic rings. The molecule has 0 unspecified atom stereocenters. The molecule has 1 aliphatic heterocycles. The van der Waals surface area contributed by atoms with Crippen LogP contribution in [-0.4, -0.2) is 41.0 Å². The van der Waals surface area contributed by atoms with E-state index >= 15 is 0 Å². The van der Waals surface area contributed by atoms with Gasteiger partial charge in [0.1, 0.15) is 0 Å². The first kappa shape index (κ1) is 12.4. The number of nitrogens with zero attached hydrogens (tertiary/aromatic N) is 1. The summed E-state index contributed by atoms with van der Waals surface area (Å²) in [5.74, 6) is -0.280. The maximum Gasteiger partial charge on any atom is 0.270 e. The van der Waals surface area contributed by atoms with Gasteiger partial charge in [-0.1, -0.05) is 0 Å². The Bertz CT molecular complexity index is 452. The zero-order chi connectivity index (χ0) is 12.8. The van der Waals surface area contributed by atoms with Crippen molar-refractivity contribution in [3.05, 3.63) is 21.4 Å². The number of carbonyl (C=O) groups excluding carboxylic acids is 1. The summed E-state index contributed by atoms with van der Waals surface area (Å²) < 4.78 is 24.8. The summed E-state index contributed by atoms with van der Waals surface area (Å²) in [6.45, 7) is 3.15. The third-order valence-electron chi connectivity index (χ3n) is 3.14. The van der Waals surface area contributed by atoms with E-state index in [9.17, 15) is 18.7 Å². The van der Waals surface area contributed by atoms with E-state index in [1.165, 1.54) is 16.2 Å². The largest absolute Gasteiger partial charge is 0.380 e. The number of hydrogen-bond donors (Lipinski definition) is 1. The Kier molecular flexibility index (Phi) is 2.95. The molecule has 94 valence electrons. The van der Waals surface area contributed by atoms with Crippen molar-refractivity contribution in [1.82, 2.24) is 4.90 Å². The minimum absolute atomic E-state index is 0.280. The smallest absolute Gasteiger partial charge is 0.270 e. The average Bonchev–Trinajstić information content (AvgIpc) is 2.54. The zero-order valence-corrected chi connectivity index (χ0v) is 10.4. The van der Waals surface area contributed by atoms with Crippen molar-refractivity contribution in [1.29, 1.82) is 0 Å². The van der Waals surface area contributed by atoms with Crippen LogP contribution in [0.1, 0.15) is 20.8 Å². The molecule has 3 nitrogen and oxygen atoms in total. The highest BCUT2D eigenvalue weighted by Crippen LogP contribution is 2.30. The van der Waals surface area contributed by atoms with E-state index in [1.807, 2.05) is 13.8 Å². The Balaban J connectivity index is 2.08. The summed E-state index contributed by atoms with van der Waals surface area (Å²) in [6, 6.07) is 0. The van der Waals surface area contributed by atoms with Crippen LogP contribution >= 0.6 is 11.3 Å². The van der Waals surface area contributed by atoms with E-state index in [0.717, 1.165) is 10.4 Å². The number of halogens is 2. The van der Waals surface area contributed by atoms with Gasteiger partial charge in [-0.2, -0.15) is 0 Å². The number of alkyl halides is 2. The normalized spacial score (nSPS) is 18.4. The van der Waals surface area contributed by atoms with Crippen LogP contribution in [0.15, 0.2) is 5.38 Å². The first-order chi connectivity index (χ1) is 7.85. The first-order valence-corrected chi connectivity index (χ1v) is 6.07. The fraction of sp³-hybridized carbons (Fsp3) is 0.545. The summed E-state index contributed by atoms with van der Waals surface area (Å²) in [5.41, 5.74) is -0.592. The monoisotopic (exact) mass is 261 g/mol. The maximum atomic E-state index is 12.4. The number of hydrogen-bond acceptors (Lipinski definition) is 3. The molecule has 0 bridgehead atoms. The molecule has 0 atom stereocenters. The molecule has 17 heavy (non-hydrogen) atoms. The minimum atomic E-state index is -2.81. The first-order valence-electron chi connectivity index (χ1n) is 5.19. The van der Waals surface area contributed by atoms with E-state index in [-0.39, 0.29) is 19.0 Å². The SMILES string of the molecule is Cc1scc(C(=O)N2CC(O)(C(F)F)C2)c1C. The predicted octanol–water partition coefficient (Wildman–Crippen LogP) is 1.82. The number of thiophene rings is 1. The Labute approximate surface area is 102 Å². The number of carbonyl (C=O) groups is 1. The molecule has 2 heterocycles. The third kappa shape index (κ3) is 1.95. The fourth-order valence-electron chi connectivity index (χ4n) is 1.79. The predicted molar refractivity (Wildman–Crippen MR) is 60.7 cm³/mol. The van der Waals surface area contributed by atoms with E-state index in [2.05, 4.69) is 0 Å². The third-order valence-corrected chi connectivity index (χ3v) is 4.15. The molecule has 1 saturated heterocycles. The molecular weight excluding hydrogens is 248 g/mol. The Morgan fingerprint density at radius 2 is 2.12 bits per heavy atom. The van der Waals surface area contributed by atoms with Crippen molar-refractivity contribution < 1.29 is 18.7 Å². The lowest BCUT2D eigenvalue weighted by molar-refractivity contribution is -0.166. The zero-order valence-electron chi connectivity index (χ0n) is 9.54. The quantitative estimate of drug-likeness (QED) is 0.882. The Morgan fingerprint density at radius 3 is 2.53 bits per heavy atom. The lowest BCUT2D eigenvalue weighted by Crippen LogP contribution is -2.67. The summed E-state index contributed by atoms with van der Waals surface area (Å²) in [6.07, 6.45) is -2.81. The van der Waals surface area contributed by atoms with Gasteiger partial charge in [-0.25, -0.2) is 8.78 Å². The van der Waals surface area contributed by atoms with E-state index in [1.54, 1.807) is 5.38 Å². The molecule has 1 aromatic heterocycles. The number of amides is 1. The molecule has 2 rings (SSSR count). The van der Waals surface area contributed by atoms with Crippen LogP contribution in [0, 0.1) is 13.8 Å². The van der Waals surface area contributed by atoms with E-state index < -0.39 is 12.0 Å². The molecule has 1 aliphatic rings. The summed E-state index contributed by atoms with van der Waals surface area (Å²) in [7, 11) is 0. The van der Waals surface area contributed by atoms with Crippen LogP contribution in [0.4, 0.5) is 8.78 Å². The van der Waals surface area contributed by atoms with Gasteiger partial charge in [-0.15, -0.1) is 11.3 Å². The summed E-state index contributed by atoms with van der Waals surface area (Å²) in [5, 5.41) is 11.1. The highest BCUT2D eigenvalue weighted by molar-refractivity contribution is 7.10. The van der Waals surface area contributed by atoms with Crippen LogP contribution in [0.3, 0.4) is 0 Å². The highest BCUT2D eigenvalue weighted by atomic mass is 32.1. The average molecular weight is 261 g/mol. The van der Waals surface area contributed by atoms with E-state index in [4.69, 9.17) is 0 Å². The number of likely N-dealkylation sites (tertiary alicyclic amines) is 1. The van der Waals surface area contributed by atoms with Gasteiger partial charge in [0.2, 0.25) is 0 Å². The lowest BCUT2D eigenvalue weighted by Gasteiger charge is -2.45. The fourth-order valence-corrected chi connectivity index (χ4v) is 2.65. The lowest BCUT2D eigenvalue weighted by atomic mass is 9.93. The molecule has 6 heteroatoms. The van der Waals surface area contributed by atoms with Gasteiger partial charge >= 0.3 is 0 Å². The molecule has 1 amide bonds. The topological polar surface area (TPSA) is 40.5 Å². The van der Waals surface area contributed by atoms with Crippen LogP contribution in [0.25, 0.3) is 0 Å². The van der Waals surface area contributed by atoms with Gasteiger partial charge in [0, 0.05) is 10.3 Å². The Hall–Kier alpha value is -1.01. The number of β-amino-alcohol motifs (C(OH)–C–C–N with tert-alkyl or cyclic N) is 1. The molecule has 1 N–H and O–H groups in total. The van der Waals surface area contributed by atoms with Crippen molar-refractivity contribution in [2.75, 3.05) is 13.1 Å². The maximum absolute atomic E-state index is 12.4. The molecular formula is C11H13F2NO2S. The molecule has 0 aliphatic carbocycles. The summed E-state index contributed by atoms with van der Waals surface area (Å²) in [4.78, 5) is 14.2. The molecule has 1 fully saturated rings. The van der Waals surface area contributed by atoms with E-state index in [0.29, 0.717) is 5.56 Å². The van der Waals surface area contributed by atoms with Gasteiger partial charge in [0.25, 0.3) is 12.3 Å². The van der Waals surface area contributed by atoms with Crippen molar-refractivity contribution in [3.63, 3.8) is 0 Å². The van der Waals surface area contributed by atoms with Crippen LogP contribution in [-0.2, 0) is 0 Å². The Morgan fingerprint density at radius 1 is 1.53 bits per heavy atom. The second-order valence-electron chi connectivity index (χ2n) is 4.40. The van der Waals surface area contributed by atoms with Crippen molar-refractivity contribution in [2.45, 2.75) is 25.9 Å². The molecule has 0 saturated carbocycles. The van der Waals surface area contributed by atoms with Gasteiger partial charge in [0.05, 0.1) is 18.7 Å². The van der Waals surface area contributed by atoms with Crippen molar-refractivity contribution in [3.8, 4) is 0 Å². The van der Waals surface area contributed by atoms with Crippen molar-refractivity contribution >= 4 is 17.2 Å². The van der Waals surface area contributed by atoms with Crippen LogP contribution in [0.2, 0.25) is 0 Å². The van der Waals surface area contributed by atoms with Gasteiger partial charge < -0.3 is 10.0 Å².